The molecule has 0 spiro atoms. The van der Waals surface area contributed by atoms with Crippen LogP contribution in [0, 0.1) is 0 Å². The van der Waals surface area contributed by atoms with Gasteiger partial charge in [-0.2, -0.15) is 0 Å². The minimum absolute atomic E-state index is 0.685. The lowest BCUT2D eigenvalue weighted by Gasteiger charge is -2.11. The first kappa shape index (κ1) is 11.8. The Bertz CT molecular complexity index is 724. The molecule has 0 saturated heterocycles. The largest absolute Gasteiger partial charge is 0.497 e. The average molecular weight is 271 g/mol. The molecule has 0 unspecified atom stereocenters. The summed E-state index contributed by atoms with van der Waals surface area (Å²) in [6, 6.07) is 11.6. The number of ether oxygens (including phenoxy) is 1. The fourth-order valence-corrected chi connectivity index (χ4v) is 2.58. The molecule has 3 rings (SSSR count). The van der Waals surface area contributed by atoms with Crippen LogP contribution in [-0.2, 0) is 0 Å². The van der Waals surface area contributed by atoms with Crippen LogP contribution in [-0.4, -0.2) is 12.1 Å². The summed E-state index contributed by atoms with van der Waals surface area (Å²) < 4.78 is 6.35. The molecule has 5 heteroatoms. The van der Waals surface area contributed by atoms with Gasteiger partial charge in [-0.05, 0) is 30.3 Å². The molecule has 3 aromatic rings. The van der Waals surface area contributed by atoms with Gasteiger partial charge in [-0.1, -0.05) is 0 Å². The number of nitrogens with two attached hydrogens (primary N) is 1. The van der Waals surface area contributed by atoms with E-state index in [4.69, 9.17) is 10.5 Å². The van der Waals surface area contributed by atoms with E-state index in [0.29, 0.717) is 5.69 Å². The number of benzene rings is 2. The lowest BCUT2D eigenvalue weighted by Crippen LogP contribution is -1.97. The number of thiazole rings is 1. The van der Waals surface area contributed by atoms with Crippen LogP contribution in [0.5, 0.6) is 5.75 Å². The second-order valence-electron chi connectivity index (χ2n) is 4.11. The van der Waals surface area contributed by atoms with Crippen LogP contribution in [0.15, 0.2) is 41.9 Å². The average Bonchev–Trinajstić information content (AvgIpc) is 2.89. The number of hydrogen-bond donors (Lipinski definition) is 2. The zero-order valence-electron chi connectivity index (χ0n) is 10.4. The Morgan fingerprint density at radius 3 is 2.95 bits per heavy atom. The van der Waals surface area contributed by atoms with Crippen LogP contribution in [0.1, 0.15) is 0 Å². The topological polar surface area (TPSA) is 60.2 Å². The Balaban J connectivity index is 1.95. The number of hydrogen-bond acceptors (Lipinski definition) is 5. The van der Waals surface area contributed by atoms with E-state index < -0.39 is 0 Å². The highest BCUT2D eigenvalue weighted by atomic mass is 32.1. The molecule has 0 atom stereocenters. The van der Waals surface area contributed by atoms with Crippen molar-refractivity contribution < 1.29 is 4.74 Å². The number of nitrogens with zero attached hydrogens (tertiary/aromatic N) is 1. The lowest BCUT2D eigenvalue weighted by molar-refractivity contribution is 0.415. The van der Waals surface area contributed by atoms with Crippen molar-refractivity contribution in [3.05, 3.63) is 41.9 Å². The predicted octanol–water partition coefficient (Wildman–Crippen LogP) is 3.63. The quantitative estimate of drug-likeness (QED) is 0.714. The Labute approximate surface area is 114 Å². The van der Waals surface area contributed by atoms with Gasteiger partial charge in [0, 0.05) is 11.8 Å². The lowest BCUT2D eigenvalue weighted by atomic mass is 10.2. The summed E-state index contributed by atoms with van der Waals surface area (Å²) in [5.41, 5.74) is 11.3. The standard InChI is InChI=1S/C14H13N3OS/c1-18-10-3-4-11(15)13(7-10)17-9-2-5-12-14(6-9)19-8-16-12/h2-8,17H,15H2,1H3. The molecule has 0 aliphatic rings. The summed E-state index contributed by atoms with van der Waals surface area (Å²) in [6.45, 7) is 0. The third-order valence-corrected chi connectivity index (χ3v) is 3.66. The zero-order valence-corrected chi connectivity index (χ0v) is 11.2. The number of anilines is 3. The molecule has 1 heterocycles. The highest BCUT2D eigenvalue weighted by Gasteiger charge is 2.04. The first-order valence-electron chi connectivity index (χ1n) is 5.80. The molecule has 0 amide bonds. The van der Waals surface area contributed by atoms with E-state index in [2.05, 4.69) is 16.4 Å². The van der Waals surface area contributed by atoms with E-state index >= 15 is 0 Å². The SMILES string of the molecule is COc1ccc(N)c(Nc2ccc3ncsc3c2)c1. The number of rotatable bonds is 3. The van der Waals surface area contributed by atoms with Gasteiger partial charge in [0.1, 0.15) is 5.75 Å². The highest BCUT2D eigenvalue weighted by Crippen LogP contribution is 2.29. The molecule has 0 saturated carbocycles. The van der Waals surface area contributed by atoms with Gasteiger partial charge < -0.3 is 15.8 Å². The summed E-state index contributed by atoms with van der Waals surface area (Å²) in [4.78, 5) is 4.26. The van der Waals surface area contributed by atoms with E-state index in [-0.39, 0.29) is 0 Å². The number of fused-ring (bicyclic) bond motifs is 1. The van der Waals surface area contributed by atoms with Gasteiger partial charge in [-0.15, -0.1) is 11.3 Å². The first-order valence-corrected chi connectivity index (χ1v) is 6.68. The number of methoxy groups -OCH3 is 1. The first-order chi connectivity index (χ1) is 9.26. The smallest absolute Gasteiger partial charge is 0.121 e. The molecule has 3 N–H and O–H groups in total. The van der Waals surface area contributed by atoms with Gasteiger partial charge in [-0.25, -0.2) is 4.98 Å². The molecule has 0 aliphatic carbocycles. The zero-order chi connectivity index (χ0) is 13.2. The fraction of sp³-hybridized carbons (Fsp3) is 0.0714. The maximum absolute atomic E-state index is 5.96. The third kappa shape index (κ3) is 2.32. The Morgan fingerprint density at radius 2 is 2.11 bits per heavy atom. The van der Waals surface area contributed by atoms with Gasteiger partial charge in [0.15, 0.2) is 0 Å². The van der Waals surface area contributed by atoms with Crippen LogP contribution in [0.2, 0.25) is 0 Å². The van der Waals surface area contributed by atoms with Crippen molar-refractivity contribution in [1.29, 1.82) is 0 Å². The van der Waals surface area contributed by atoms with Crippen molar-refractivity contribution >= 4 is 38.6 Å². The maximum atomic E-state index is 5.96. The minimum Gasteiger partial charge on any atom is -0.497 e. The van der Waals surface area contributed by atoms with E-state index in [1.54, 1.807) is 18.4 Å². The summed E-state index contributed by atoms with van der Waals surface area (Å²) in [7, 11) is 1.64. The molecule has 96 valence electrons. The van der Waals surface area contributed by atoms with Gasteiger partial charge in [0.2, 0.25) is 0 Å². The predicted molar refractivity (Wildman–Crippen MR) is 80.3 cm³/mol. The van der Waals surface area contributed by atoms with Crippen LogP contribution in [0.3, 0.4) is 0 Å². The second kappa shape index (κ2) is 4.78. The maximum Gasteiger partial charge on any atom is 0.121 e. The molecule has 0 radical (unpaired) electrons. The summed E-state index contributed by atoms with van der Waals surface area (Å²) in [6.07, 6.45) is 0. The van der Waals surface area contributed by atoms with Crippen LogP contribution in [0.4, 0.5) is 17.1 Å². The van der Waals surface area contributed by atoms with Crippen molar-refractivity contribution in [2.75, 3.05) is 18.2 Å². The molecular formula is C14H13N3OS. The third-order valence-electron chi connectivity index (χ3n) is 2.87. The van der Waals surface area contributed by atoms with Crippen molar-refractivity contribution in [2.45, 2.75) is 0 Å². The molecule has 0 fully saturated rings. The van der Waals surface area contributed by atoms with Crippen LogP contribution in [0.25, 0.3) is 10.2 Å². The molecule has 1 aromatic heterocycles. The number of nitrogens with one attached hydrogen (secondary N) is 1. The molecular weight excluding hydrogens is 258 g/mol. The number of aromatic nitrogens is 1. The normalized spacial score (nSPS) is 10.6. The summed E-state index contributed by atoms with van der Waals surface area (Å²) in [5.74, 6) is 0.774. The minimum atomic E-state index is 0.685. The fourth-order valence-electron chi connectivity index (χ4n) is 1.86. The Hall–Kier alpha value is -2.27. The van der Waals surface area contributed by atoms with Crippen molar-refractivity contribution in [2.24, 2.45) is 0 Å². The van der Waals surface area contributed by atoms with Crippen molar-refractivity contribution in [3.63, 3.8) is 0 Å². The van der Waals surface area contributed by atoms with Crippen molar-refractivity contribution in [1.82, 2.24) is 4.98 Å². The second-order valence-corrected chi connectivity index (χ2v) is 5.00. The summed E-state index contributed by atoms with van der Waals surface area (Å²) >= 11 is 1.62. The molecule has 2 aromatic carbocycles. The van der Waals surface area contributed by atoms with Gasteiger partial charge in [0.25, 0.3) is 0 Å². The van der Waals surface area contributed by atoms with Crippen LogP contribution >= 0.6 is 11.3 Å². The summed E-state index contributed by atoms with van der Waals surface area (Å²) in [5, 5.41) is 3.30. The highest BCUT2D eigenvalue weighted by molar-refractivity contribution is 7.16. The Morgan fingerprint density at radius 1 is 1.21 bits per heavy atom. The van der Waals surface area contributed by atoms with E-state index in [1.165, 1.54) is 0 Å². The van der Waals surface area contributed by atoms with E-state index in [0.717, 1.165) is 27.3 Å². The van der Waals surface area contributed by atoms with Crippen molar-refractivity contribution in [3.8, 4) is 5.75 Å². The molecule has 4 nitrogen and oxygen atoms in total. The van der Waals surface area contributed by atoms with E-state index in [9.17, 15) is 0 Å². The van der Waals surface area contributed by atoms with E-state index in [1.807, 2.05) is 35.8 Å². The molecule has 19 heavy (non-hydrogen) atoms. The molecule has 0 aliphatic heterocycles. The van der Waals surface area contributed by atoms with Gasteiger partial charge in [-0.3, -0.25) is 0 Å². The van der Waals surface area contributed by atoms with Gasteiger partial charge >= 0.3 is 0 Å². The van der Waals surface area contributed by atoms with Gasteiger partial charge in [0.05, 0.1) is 34.2 Å². The molecule has 0 bridgehead atoms. The van der Waals surface area contributed by atoms with Crippen LogP contribution < -0.4 is 15.8 Å². The Kier molecular flexibility index (Phi) is 2.97. The number of nitrogen functional groups attached to an aromatic ring is 1. The monoisotopic (exact) mass is 271 g/mol.